The Morgan fingerprint density at radius 2 is 1.86 bits per heavy atom. The third-order valence-electron chi connectivity index (χ3n) is 9.09. The highest BCUT2D eigenvalue weighted by Crippen LogP contribution is 2.68. The number of hydrogen-bond donors (Lipinski definition) is 1. The van der Waals surface area contributed by atoms with Crippen LogP contribution in [-0.2, 0) is 14.3 Å². The van der Waals surface area contributed by atoms with Crippen molar-refractivity contribution in [2.45, 2.75) is 84.3 Å². The van der Waals surface area contributed by atoms with Crippen molar-refractivity contribution in [3.05, 3.63) is 23.8 Å². The van der Waals surface area contributed by atoms with Crippen LogP contribution in [0.1, 0.15) is 72.6 Å². The lowest BCUT2D eigenvalue weighted by Gasteiger charge is -2.58. The van der Waals surface area contributed by atoms with Crippen LogP contribution in [0.4, 0.5) is 0 Å². The summed E-state index contributed by atoms with van der Waals surface area (Å²) in [6.45, 7) is 11.7. The highest BCUT2D eigenvalue weighted by molar-refractivity contribution is 5.90. The van der Waals surface area contributed by atoms with Crippen molar-refractivity contribution in [3.63, 3.8) is 0 Å². The molecule has 4 heteroatoms. The number of hydrogen-bond acceptors (Lipinski definition) is 4. The number of ketones is 1. The number of fused-ring (bicyclic) bond motifs is 5. The van der Waals surface area contributed by atoms with E-state index in [1.165, 1.54) is 19.4 Å². The van der Waals surface area contributed by atoms with Gasteiger partial charge in [0.1, 0.15) is 11.7 Å². The van der Waals surface area contributed by atoms with Crippen LogP contribution in [0.15, 0.2) is 23.8 Å². The van der Waals surface area contributed by atoms with Gasteiger partial charge in [-0.1, -0.05) is 32.1 Å². The van der Waals surface area contributed by atoms with Gasteiger partial charge in [0.2, 0.25) is 0 Å². The molecule has 0 unspecified atom stereocenters. The first-order chi connectivity index (χ1) is 13.0. The second kappa shape index (κ2) is 6.29. The second-order valence-corrected chi connectivity index (χ2v) is 10.3. The summed E-state index contributed by atoms with van der Waals surface area (Å²) >= 11 is 0. The fraction of sp³-hybridized carbons (Fsp3) is 0.750. The third kappa shape index (κ3) is 2.46. The molecule has 3 fully saturated rings. The van der Waals surface area contributed by atoms with Crippen molar-refractivity contribution < 1.29 is 19.4 Å². The van der Waals surface area contributed by atoms with E-state index >= 15 is 0 Å². The molecule has 0 amide bonds. The van der Waals surface area contributed by atoms with Gasteiger partial charge in [0.25, 0.3) is 0 Å². The van der Waals surface area contributed by atoms with Crippen LogP contribution >= 0.6 is 0 Å². The number of carbonyl (C=O) groups is 2. The number of aliphatic hydroxyl groups is 1. The molecule has 4 aliphatic rings. The number of rotatable bonds is 2. The van der Waals surface area contributed by atoms with E-state index in [0.29, 0.717) is 23.3 Å². The molecular formula is C24H34O4. The SMILES string of the molecule is C=C1C[C@@H]2[C@H]3CC=C4C[C@@H](OC(C)=O)CC[C@]4(C)[C@@H]3CC[C@]2(C)[C@@]1(O)C(C)=O. The van der Waals surface area contributed by atoms with Crippen LogP contribution in [0.25, 0.3) is 0 Å². The second-order valence-electron chi connectivity index (χ2n) is 10.3. The number of allylic oxidation sites excluding steroid dienone is 1. The minimum Gasteiger partial charge on any atom is -0.462 e. The van der Waals surface area contributed by atoms with Crippen LogP contribution in [-0.4, -0.2) is 28.6 Å². The molecule has 28 heavy (non-hydrogen) atoms. The fourth-order valence-corrected chi connectivity index (χ4v) is 7.58. The van der Waals surface area contributed by atoms with E-state index in [9.17, 15) is 14.7 Å². The van der Waals surface area contributed by atoms with E-state index in [1.807, 2.05) is 0 Å². The normalized spacial score (nSPS) is 47.5. The lowest BCUT2D eigenvalue weighted by atomic mass is 9.46. The van der Waals surface area contributed by atoms with Gasteiger partial charge in [-0.15, -0.1) is 0 Å². The van der Waals surface area contributed by atoms with Gasteiger partial charge in [0, 0.05) is 18.8 Å². The molecule has 4 rings (SSSR count). The Morgan fingerprint density at radius 3 is 2.50 bits per heavy atom. The van der Waals surface area contributed by atoms with Gasteiger partial charge in [0.05, 0.1) is 0 Å². The Balaban J connectivity index is 1.65. The summed E-state index contributed by atoms with van der Waals surface area (Å²) in [6, 6.07) is 0. The van der Waals surface area contributed by atoms with Crippen molar-refractivity contribution in [1.82, 2.24) is 0 Å². The van der Waals surface area contributed by atoms with E-state index in [-0.39, 0.29) is 23.3 Å². The van der Waals surface area contributed by atoms with Crippen LogP contribution in [0.5, 0.6) is 0 Å². The fourth-order valence-electron chi connectivity index (χ4n) is 7.58. The maximum atomic E-state index is 12.4. The van der Waals surface area contributed by atoms with Crippen LogP contribution in [0, 0.1) is 28.6 Å². The predicted octanol–water partition coefficient (Wildman–Crippen LogP) is 4.37. The minimum atomic E-state index is -1.37. The van der Waals surface area contributed by atoms with E-state index < -0.39 is 11.0 Å². The molecule has 3 saturated carbocycles. The summed E-state index contributed by atoms with van der Waals surface area (Å²) in [5.74, 6) is 0.993. The highest BCUT2D eigenvalue weighted by Gasteiger charge is 2.66. The van der Waals surface area contributed by atoms with Crippen molar-refractivity contribution >= 4 is 11.8 Å². The molecule has 7 atom stereocenters. The first-order valence-corrected chi connectivity index (χ1v) is 10.8. The van der Waals surface area contributed by atoms with Crippen LogP contribution in [0.3, 0.4) is 0 Å². The lowest BCUT2D eigenvalue weighted by molar-refractivity contribution is -0.155. The average Bonchev–Trinajstić information content (AvgIpc) is 2.83. The Bertz CT molecular complexity index is 767. The van der Waals surface area contributed by atoms with Crippen molar-refractivity contribution in [1.29, 1.82) is 0 Å². The molecule has 0 aliphatic heterocycles. The molecule has 0 aromatic carbocycles. The number of Topliss-reactive ketones (excluding diaryl/α,β-unsaturated/α-hetero) is 1. The van der Waals surface area contributed by atoms with E-state index in [0.717, 1.165) is 44.9 Å². The topological polar surface area (TPSA) is 63.6 Å². The molecular weight excluding hydrogens is 352 g/mol. The summed E-state index contributed by atoms with van der Waals surface area (Å²) in [6.07, 6.45) is 8.85. The molecule has 4 aliphatic carbocycles. The number of esters is 1. The largest absolute Gasteiger partial charge is 0.462 e. The summed E-state index contributed by atoms with van der Waals surface area (Å²) in [5.41, 5.74) is 0.521. The van der Waals surface area contributed by atoms with Gasteiger partial charge in [-0.05, 0) is 74.2 Å². The average molecular weight is 387 g/mol. The van der Waals surface area contributed by atoms with Crippen molar-refractivity contribution in [3.8, 4) is 0 Å². The molecule has 154 valence electrons. The quantitative estimate of drug-likeness (QED) is 0.565. The monoisotopic (exact) mass is 386 g/mol. The zero-order valence-electron chi connectivity index (χ0n) is 17.7. The van der Waals surface area contributed by atoms with Gasteiger partial charge < -0.3 is 9.84 Å². The summed E-state index contributed by atoms with van der Waals surface area (Å²) in [7, 11) is 0. The van der Waals surface area contributed by atoms with E-state index in [1.54, 1.807) is 0 Å². The molecule has 0 bridgehead atoms. The summed E-state index contributed by atoms with van der Waals surface area (Å²) in [5, 5.41) is 11.4. The molecule has 0 spiro atoms. The first-order valence-electron chi connectivity index (χ1n) is 10.8. The van der Waals surface area contributed by atoms with E-state index in [4.69, 9.17) is 4.74 Å². The molecule has 0 radical (unpaired) electrons. The Labute approximate surface area is 168 Å². The highest BCUT2D eigenvalue weighted by atomic mass is 16.5. The zero-order valence-corrected chi connectivity index (χ0v) is 17.7. The maximum absolute atomic E-state index is 12.4. The van der Waals surface area contributed by atoms with Gasteiger partial charge in [-0.25, -0.2) is 0 Å². The van der Waals surface area contributed by atoms with Crippen molar-refractivity contribution in [2.24, 2.45) is 28.6 Å². The molecule has 4 nitrogen and oxygen atoms in total. The van der Waals surface area contributed by atoms with E-state index in [2.05, 4.69) is 26.5 Å². The zero-order chi connectivity index (χ0) is 20.5. The molecule has 0 saturated heterocycles. The Morgan fingerprint density at radius 1 is 1.14 bits per heavy atom. The summed E-state index contributed by atoms with van der Waals surface area (Å²) < 4.78 is 5.51. The predicted molar refractivity (Wildman–Crippen MR) is 107 cm³/mol. The van der Waals surface area contributed by atoms with Gasteiger partial charge >= 0.3 is 5.97 Å². The first kappa shape index (κ1) is 19.9. The van der Waals surface area contributed by atoms with Crippen molar-refractivity contribution in [2.75, 3.05) is 0 Å². The number of ether oxygens (including phenoxy) is 1. The summed E-state index contributed by atoms with van der Waals surface area (Å²) in [4.78, 5) is 23.8. The van der Waals surface area contributed by atoms with Gasteiger partial charge in [0.15, 0.2) is 5.78 Å². The molecule has 0 aromatic heterocycles. The van der Waals surface area contributed by atoms with Crippen LogP contribution in [0.2, 0.25) is 0 Å². The molecule has 0 heterocycles. The third-order valence-corrected chi connectivity index (χ3v) is 9.09. The van der Waals surface area contributed by atoms with Gasteiger partial charge in [-0.2, -0.15) is 0 Å². The molecule has 1 N–H and O–H groups in total. The Hall–Kier alpha value is -1.42. The van der Waals surface area contributed by atoms with Gasteiger partial charge in [-0.3, -0.25) is 9.59 Å². The minimum absolute atomic E-state index is 0.0105. The standard InChI is InChI=1S/C24H34O4/c1-14-12-21-19-7-6-17-13-18(28-16(3)26)8-10-22(17,4)20(19)9-11-23(21,5)24(14,27)15(2)25/h6,18-21,27H,1,7-13H2,2-5H3/t18-,19-,20+,21+,22-,23-,24-/m0/s1. The number of carbonyl (C=O) groups excluding carboxylic acids is 2. The lowest BCUT2D eigenvalue weighted by Crippen LogP contribution is -2.57. The Kier molecular flexibility index (Phi) is 4.46. The maximum Gasteiger partial charge on any atom is 0.302 e. The van der Waals surface area contributed by atoms with Crippen LogP contribution < -0.4 is 0 Å². The molecule has 0 aromatic rings. The smallest absolute Gasteiger partial charge is 0.302 e.